The topological polar surface area (TPSA) is 57.0 Å². The second kappa shape index (κ2) is 5.77. The van der Waals surface area contributed by atoms with Crippen LogP contribution in [0.5, 0.6) is 0 Å². The number of esters is 1. The molecule has 1 heterocycles. The summed E-state index contributed by atoms with van der Waals surface area (Å²) in [6, 6.07) is 4.80. The first kappa shape index (κ1) is 14.1. The summed E-state index contributed by atoms with van der Waals surface area (Å²) in [5, 5.41) is 4.79. The number of hydrogen-bond donors (Lipinski definition) is 0. The Morgan fingerprint density at radius 3 is 2.74 bits per heavy atom. The highest BCUT2D eigenvalue weighted by atomic mass is 35.5. The van der Waals surface area contributed by atoms with E-state index in [4.69, 9.17) is 39.5 Å². The van der Waals surface area contributed by atoms with Gasteiger partial charge in [-0.25, -0.2) is 9.48 Å². The summed E-state index contributed by atoms with van der Waals surface area (Å²) in [5.41, 5.74) is 0.471. The summed E-state index contributed by atoms with van der Waals surface area (Å²) in [6.07, 6.45) is 0. The molecule has 0 atom stereocenters. The van der Waals surface area contributed by atoms with E-state index in [9.17, 15) is 4.79 Å². The van der Waals surface area contributed by atoms with Gasteiger partial charge in [-0.2, -0.15) is 4.98 Å². The van der Waals surface area contributed by atoms with Crippen molar-refractivity contribution in [2.24, 2.45) is 0 Å². The van der Waals surface area contributed by atoms with Crippen molar-refractivity contribution in [1.82, 2.24) is 14.8 Å². The molecule has 0 N–H and O–H groups in total. The second-order valence-electron chi connectivity index (χ2n) is 3.43. The van der Waals surface area contributed by atoms with E-state index < -0.39 is 5.97 Å². The lowest BCUT2D eigenvalue weighted by molar-refractivity contribution is 0.0512. The van der Waals surface area contributed by atoms with E-state index in [2.05, 4.69) is 10.1 Å². The van der Waals surface area contributed by atoms with Gasteiger partial charge < -0.3 is 4.74 Å². The molecule has 2 aromatic rings. The highest BCUT2D eigenvalue weighted by Crippen LogP contribution is 2.26. The van der Waals surface area contributed by atoms with Gasteiger partial charge >= 0.3 is 5.97 Å². The van der Waals surface area contributed by atoms with Crippen LogP contribution in [0.1, 0.15) is 17.5 Å². The van der Waals surface area contributed by atoms with Crippen molar-refractivity contribution in [3.05, 3.63) is 39.4 Å². The molecule has 0 amide bonds. The number of carbonyl (C=O) groups excluding carboxylic acids is 1. The largest absolute Gasteiger partial charge is 0.460 e. The van der Waals surface area contributed by atoms with Crippen LogP contribution in [0.3, 0.4) is 0 Å². The number of carbonyl (C=O) groups is 1. The number of aromatic nitrogens is 3. The van der Waals surface area contributed by atoms with Crippen LogP contribution in [0.2, 0.25) is 15.3 Å². The quantitative estimate of drug-likeness (QED) is 0.813. The molecular weight excluding hydrogens is 312 g/mol. The molecule has 0 aliphatic heterocycles. The van der Waals surface area contributed by atoms with E-state index in [1.54, 1.807) is 25.1 Å². The summed E-state index contributed by atoms with van der Waals surface area (Å²) >= 11 is 17.8. The molecule has 0 unspecified atom stereocenters. The molecule has 0 radical (unpaired) electrons. The Hall–Kier alpha value is -1.30. The molecule has 5 nitrogen and oxygen atoms in total. The van der Waals surface area contributed by atoms with Crippen molar-refractivity contribution in [3.63, 3.8) is 0 Å². The number of benzene rings is 1. The third kappa shape index (κ3) is 3.00. The van der Waals surface area contributed by atoms with E-state index >= 15 is 0 Å². The van der Waals surface area contributed by atoms with Crippen LogP contribution in [0.25, 0.3) is 5.69 Å². The Balaban J connectivity index is 2.43. The van der Waals surface area contributed by atoms with Crippen LogP contribution in [-0.2, 0) is 4.74 Å². The monoisotopic (exact) mass is 319 g/mol. The Morgan fingerprint density at radius 2 is 2.11 bits per heavy atom. The normalized spacial score (nSPS) is 10.5. The van der Waals surface area contributed by atoms with Crippen LogP contribution < -0.4 is 0 Å². The first-order valence-corrected chi connectivity index (χ1v) is 6.41. The third-order valence-corrected chi connectivity index (χ3v) is 2.95. The predicted molar refractivity (Wildman–Crippen MR) is 72.3 cm³/mol. The van der Waals surface area contributed by atoms with Crippen LogP contribution in [0.4, 0.5) is 0 Å². The Labute approximate surface area is 124 Å². The first-order chi connectivity index (χ1) is 9.02. The minimum atomic E-state index is -0.645. The van der Waals surface area contributed by atoms with Crippen LogP contribution in [0, 0.1) is 0 Å². The molecule has 0 aliphatic carbocycles. The van der Waals surface area contributed by atoms with E-state index in [0.29, 0.717) is 15.7 Å². The van der Waals surface area contributed by atoms with Gasteiger partial charge in [-0.1, -0.05) is 23.2 Å². The summed E-state index contributed by atoms with van der Waals surface area (Å²) in [7, 11) is 0. The molecule has 0 spiro atoms. The van der Waals surface area contributed by atoms with Crippen molar-refractivity contribution in [2.75, 3.05) is 6.61 Å². The smallest absolute Gasteiger partial charge is 0.378 e. The highest BCUT2D eigenvalue weighted by Gasteiger charge is 2.18. The van der Waals surface area contributed by atoms with Gasteiger partial charge in [-0.05, 0) is 36.7 Å². The zero-order valence-corrected chi connectivity index (χ0v) is 12.0. The first-order valence-electron chi connectivity index (χ1n) is 5.28. The van der Waals surface area contributed by atoms with E-state index in [-0.39, 0.29) is 17.7 Å². The zero-order valence-electron chi connectivity index (χ0n) is 9.73. The lowest BCUT2D eigenvalue weighted by atomic mass is 10.3. The van der Waals surface area contributed by atoms with Crippen LogP contribution >= 0.6 is 34.8 Å². The fourth-order valence-corrected chi connectivity index (χ4v) is 2.08. The van der Waals surface area contributed by atoms with E-state index in [1.807, 2.05) is 0 Å². The maximum atomic E-state index is 11.5. The Kier molecular flexibility index (Phi) is 4.29. The summed E-state index contributed by atoms with van der Waals surface area (Å²) in [5.74, 6) is -0.772. The molecule has 0 saturated carbocycles. The number of nitrogens with zero attached hydrogens (tertiary/aromatic N) is 3. The SMILES string of the molecule is CCOC(=O)c1nc(Cl)n(-c2ccc(Cl)cc2Cl)n1. The Bertz CT molecular complexity index is 628. The average Bonchev–Trinajstić information content (AvgIpc) is 2.72. The van der Waals surface area contributed by atoms with Gasteiger partial charge in [-0.3, -0.25) is 0 Å². The number of halogens is 3. The molecule has 1 aromatic carbocycles. The molecular formula is C11H8Cl3N3O2. The molecule has 100 valence electrons. The number of rotatable bonds is 3. The zero-order chi connectivity index (χ0) is 14.0. The fourth-order valence-electron chi connectivity index (χ4n) is 1.38. The second-order valence-corrected chi connectivity index (χ2v) is 4.61. The van der Waals surface area contributed by atoms with Gasteiger partial charge in [-0.15, -0.1) is 5.10 Å². The molecule has 0 fully saturated rings. The van der Waals surface area contributed by atoms with Crippen molar-refractivity contribution < 1.29 is 9.53 Å². The van der Waals surface area contributed by atoms with Crippen molar-refractivity contribution in [1.29, 1.82) is 0 Å². The van der Waals surface area contributed by atoms with Gasteiger partial charge in [0.15, 0.2) is 0 Å². The van der Waals surface area contributed by atoms with Gasteiger partial charge in [0.05, 0.1) is 17.3 Å². The molecule has 8 heteroatoms. The van der Waals surface area contributed by atoms with Crippen molar-refractivity contribution in [3.8, 4) is 5.69 Å². The van der Waals surface area contributed by atoms with Gasteiger partial charge in [0, 0.05) is 5.02 Å². The van der Waals surface area contributed by atoms with Crippen LogP contribution in [-0.4, -0.2) is 27.3 Å². The predicted octanol–water partition coefficient (Wildman–Crippen LogP) is 3.40. The lowest BCUT2D eigenvalue weighted by Gasteiger charge is -2.04. The van der Waals surface area contributed by atoms with Crippen molar-refractivity contribution in [2.45, 2.75) is 6.92 Å². The standard InChI is InChI=1S/C11H8Cl3N3O2/c1-2-19-10(18)9-15-11(14)17(16-9)8-4-3-6(12)5-7(8)13/h3-5H,2H2,1H3. The lowest BCUT2D eigenvalue weighted by Crippen LogP contribution is -2.07. The minimum absolute atomic E-state index is 0.00674. The number of ether oxygens (including phenoxy) is 1. The van der Waals surface area contributed by atoms with Crippen LogP contribution in [0.15, 0.2) is 18.2 Å². The minimum Gasteiger partial charge on any atom is -0.460 e. The van der Waals surface area contributed by atoms with Gasteiger partial charge in [0.2, 0.25) is 5.28 Å². The fraction of sp³-hybridized carbons (Fsp3) is 0.182. The highest BCUT2D eigenvalue weighted by molar-refractivity contribution is 6.36. The third-order valence-electron chi connectivity index (χ3n) is 2.16. The molecule has 0 saturated heterocycles. The number of hydrogen-bond acceptors (Lipinski definition) is 4. The molecule has 0 bridgehead atoms. The molecule has 19 heavy (non-hydrogen) atoms. The van der Waals surface area contributed by atoms with Crippen molar-refractivity contribution >= 4 is 40.8 Å². The maximum Gasteiger partial charge on any atom is 0.378 e. The van der Waals surface area contributed by atoms with E-state index in [0.717, 1.165) is 0 Å². The molecule has 1 aromatic heterocycles. The van der Waals surface area contributed by atoms with Gasteiger partial charge in [0.1, 0.15) is 0 Å². The Morgan fingerprint density at radius 1 is 1.37 bits per heavy atom. The van der Waals surface area contributed by atoms with Gasteiger partial charge in [0.25, 0.3) is 5.82 Å². The molecule has 0 aliphatic rings. The molecule has 2 rings (SSSR count). The summed E-state index contributed by atoms with van der Waals surface area (Å²) in [4.78, 5) is 15.3. The average molecular weight is 321 g/mol. The summed E-state index contributed by atoms with van der Waals surface area (Å²) < 4.78 is 6.03. The maximum absolute atomic E-state index is 11.5. The van der Waals surface area contributed by atoms with E-state index in [1.165, 1.54) is 4.68 Å². The summed E-state index contributed by atoms with van der Waals surface area (Å²) in [6.45, 7) is 1.92.